The van der Waals surface area contributed by atoms with E-state index in [-0.39, 0.29) is 11.6 Å². The summed E-state index contributed by atoms with van der Waals surface area (Å²) in [6.07, 6.45) is 4.11. The van der Waals surface area contributed by atoms with E-state index in [1.54, 1.807) is 6.20 Å². The predicted octanol–water partition coefficient (Wildman–Crippen LogP) is 2.91. The third-order valence-corrected chi connectivity index (χ3v) is 3.41. The topological polar surface area (TPSA) is 81.1 Å². The van der Waals surface area contributed by atoms with Gasteiger partial charge in [0.25, 0.3) is 5.22 Å². The van der Waals surface area contributed by atoms with E-state index < -0.39 is 5.82 Å². The minimum absolute atomic E-state index is 0.156. The number of nitrogens with zero attached hydrogens (tertiary/aromatic N) is 1. The summed E-state index contributed by atoms with van der Waals surface area (Å²) in [6, 6.07) is 3.88. The average molecular weight is 295 g/mol. The Morgan fingerprint density at radius 3 is 3.05 bits per heavy atom. The summed E-state index contributed by atoms with van der Waals surface area (Å²) < 4.78 is 17.9. The van der Waals surface area contributed by atoms with Crippen LogP contribution < -0.4 is 11.1 Å². The smallest absolute Gasteiger partial charge is 0.255 e. The third kappa shape index (κ3) is 4.27. The van der Waals surface area contributed by atoms with Crippen LogP contribution in [0, 0.1) is 5.82 Å². The summed E-state index contributed by atoms with van der Waals surface area (Å²) >= 11 is 1.45. The van der Waals surface area contributed by atoms with Crippen molar-refractivity contribution in [3.63, 3.8) is 0 Å². The molecule has 0 unspecified atom stereocenters. The van der Waals surface area contributed by atoms with E-state index in [9.17, 15) is 9.18 Å². The van der Waals surface area contributed by atoms with Gasteiger partial charge in [-0.3, -0.25) is 4.79 Å². The van der Waals surface area contributed by atoms with Crippen molar-refractivity contribution in [2.45, 2.75) is 18.1 Å². The normalized spacial score (nSPS) is 10.4. The van der Waals surface area contributed by atoms with E-state index in [0.29, 0.717) is 23.8 Å². The highest BCUT2D eigenvalue weighted by Gasteiger charge is 2.06. The predicted molar refractivity (Wildman–Crippen MR) is 75.9 cm³/mol. The first-order valence-corrected chi connectivity index (χ1v) is 7.01. The molecular weight excluding hydrogens is 281 g/mol. The number of rotatable bonds is 6. The van der Waals surface area contributed by atoms with E-state index in [1.807, 2.05) is 0 Å². The lowest BCUT2D eigenvalue weighted by Crippen LogP contribution is -2.13. The van der Waals surface area contributed by atoms with Gasteiger partial charge in [0.15, 0.2) is 0 Å². The van der Waals surface area contributed by atoms with Crippen molar-refractivity contribution in [1.29, 1.82) is 0 Å². The Balaban J connectivity index is 1.72. The number of carbonyl (C=O) groups excluding carboxylic acids is 1. The Morgan fingerprint density at radius 2 is 2.35 bits per heavy atom. The number of thioether (sulfide) groups is 1. The maximum Gasteiger partial charge on any atom is 0.255 e. The van der Waals surface area contributed by atoms with Crippen LogP contribution in [0.3, 0.4) is 0 Å². The van der Waals surface area contributed by atoms with Gasteiger partial charge in [0.05, 0.1) is 17.6 Å². The molecule has 0 aliphatic heterocycles. The molecule has 106 valence electrons. The SMILES string of the molecule is Nc1cc(F)ccc1NC(=O)CCCSc1ncco1. The third-order valence-electron chi connectivity index (χ3n) is 2.47. The second kappa shape index (κ2) is 6.95. The number of nitrogens with two attached hydrogens (primary N) is 1. The van der Waals surface area contributed by atoms with Crippen molar-refractivity contribution < 1.29 is 13.6 Å². The van der Waals surface area contributed by atoms with E-state index in [4.69, 9.17) is 10.2 Å². The Hall–Kier alpha value is -2.02. The van der Waals surface area contributed by atoms with Crippen LogP contribution in [0.25, 0.3) is 0 Å². The summed E-state index contributed by atoms with van der Waals surface area (Å²) in [4.78, 5) is 15.7. The fraction of sp³-hybridized carbons (Fsp3) is 0.231. The zero-order valence-electron chi connectivity index (χ0n) is 10.6. The lowest BCUT2D eigenvalue weighted by atomic mass is 10.2. The number of benzene rings is 1. The Labute approximate surface area is 119 Å². The van der Waals surface area contributed by atoms with Crippen molar-refractivity contribution in [1.82, 2.24) is 4.98 Å². The van der Waals surface area contributed by atoms with Gasteiger partial charge in [0, 0.05) is 12.2 Å². The van der Waals surface area contributed by atoms with Crippen molar-refractivity contribution in [3.05, 3.63) is 36.5 Å². The monoisotopic (exact) mass is 295 g/mol. The maximum atomic E-state index is 12.9. The molecule has 0 atom stereocenters. The molecule has 0 saturated heterocycles. The number of aromatic nitrogens is 1. The molecule has 1 amide bonds. The second-order valence-electron chi connectivity index (χ2n) is 4.03. The maximum absolute atomic E-state index is 12.9. The van der Waals surface area contributed by atoms with Gasteiger partial charge in [-0.1, -0.05) is 11.8 Å². The summed E-state index contributed by atoms with van der Waals surface area (Å²) in [5.41, 5.74) is 6.25. The van der Waals surface area contributed by atoms with Gasteiger partial charge in [0.2, 0.25) is 5.91 Å². The van der Waals surface area contributed by atoms with Crippen LogP contribution in [0.2, 0.25) is 0 Å². The highest BCUT2D eigenvalue weighted by Crippen LogP contribution is 2.20. The molecule has 2 rings (SSSR count). The van der Waals surface area contributed by atoms with Crippen LogP contribution in [0.1, 0.15) is 12.8 Å². The molecular formula is C13H14FN3O2S. The minimum atomic E-state index is -0.428. The molecule has 5 nitrogen and oxygen atoms in total. The molecule has 1 heterocycles. The van der Waals surface area contributed by atoms with Gasteiger partial charge in [-0.2, -0.15) is 0 Å². The zero-order chi connectivity index (χ0) is 14.4. The molecule has 2 aromatic rings. The molecule has 1 aromatic heterocycles. The molecule has 20 heavy (non-hydrogen) atoms. The minimum Gasteiger partial charge on any atom is -0.440 e. The van der Waals surface area contributed by atoms with Gasteiger partial charge in [0.1, 0.15) is 12.1 Å². The molecule has 0 spiro atoms. The van der Waals surface area contributed by atoms with Crippen LogP contribution in [0.4, 0.5) is 15.8 Å². The highest BCUT2D eigenvalue weighted by atomic mass is 32.2. The van der Waals surface area contributed by atoms with Crippen LogP contribution in [-0.4, -0.2) is 16.6 Å². The fourth-order valence-electron chi connectivity index (χ4n) is 1.53. The number of nitrogen functional groups attached to an aromatic ring is 1. The summed E-state index contributed by atoms with van der Waals surface area (Å²) in [7, 11) is 0. The number of hydrogen-bond acceptors (Lipinski definition) is 5. The van der Waals surface area contributed by atoms with Gasteiger partial charge < -0.3 is 15.5 Å². The van der Waals surface area contributed by atoms with Crippen molar-refractivity contribution in [2.24, 2.45) is 0 Å². The van der Waals surface area contributed by atoms with Crippen LogP contribution in [0.5, 0.6) is 0 Å². The molecule has 0 aliphatic carbocycles. The van der Waals surface area contributed by atoms with E-state index >= 15 is 0 Å². The molecule has 0 saturated carbocycles. The highest BCUT2D eigenvalue weighted by molar-refractivity contribution is 7.99. The summed E-state index contributed by atoms with van der Waals surface area (Å²) in [5.74, 6) is 0.145. The van der Waals surface area contributed by atoms with Gasteiger partial charge >= 0.3 is 0 Å². The lowest BCUT2D eigenvalue weighted by Gasteiger charge is -2.07. The van der Waals surface area contributed by atoms with Gasteiger partial charge in [-0.15, -0.1) is 0 Å². The molecule has 7 heteroatoms. The number of carbonyl (C=O) groups is 1. The van der Waals surface area contributed by atoms with E-state index in [0.717, 1.165) is 5.75 Å². The molecule has 0 bridgehead atoms. The van der Waals surface area contributed by atoms with Gasteiger partial charge in [-0.05, 0) is 24.6 Å². The van der Waals surface area contributed by atoms with Crippen LogP contribution >= 0.6 is 11.8 Å². The zero-order valence-corrected chi connectivity index (χ0v) is 11.5. The number of halogens is 1. The van der Waals surface area contributed by atoms with Crippen molar-refractivity contribution in [3.8, 4) is 0 Å². The number of anilines is 2. The van der Waals surface area contributed by atoms with Crippen LogP contribution in [0.15, 0.2) is 40.3 Å². The second-order valence-corrected chi connectivity index (χ2v) is 5.08. The fourth-order valence-corrected chi connectivity index (χ4v) is 2.26. The number of amides is 1. The number of oxazole rings is 1. The molecule has 0 radical (unpaired) electrons. The van der Waals surface area contributed by atoms with Crippen LogP contribution in [-0.2, 0) is 4.79 Å². The van der Waals surface area contributed by atoms with Gasteiger partial charge in [-0.25, -0.2) is 9.37 Å². The standard InChI is InChI=1S/C13H14FN3O2S/c14-9-3-4-11(10(15)8-9)17-12(18)2-1-7-20-13-16-5-6-19-13/h3-6,8H,1-2,7,15H2,(H,17,18). The Bertz CT molecular complexity index is 575. The average Bonchev–Trinajstić information content (AvgIpc) is 2.91. The van der Waals surface area contributed by atoms with Crippen molar-refractivity contribution >= 4 is 29.0 Å². The molecule has 3 N–H and O–H groups in total. The Morgan fingerprint density at radius 1 is 1.50 bits per heavy atom. The summed E-state index contributed by atoms with van der Waals surface area (Å²) in [5, 5.41) is 3.24. The molecule has 0 fully saturated rings. The number of hydrogen-bond donors (Lipinski definition) is 2. The van der Waals surface area contributed by atoms with E-state index in [2.05, 4.69) is 10.3 Å². The first-order valence-electron chi connectivity index (χ1n) is 6.02. The number of nitrogens with one attached hydrogen (secondary N) is 1. The summed E-state index contributed by atoms with van der Waals surface area (Å²) in [6.45, 7) is 0. The Kier molecular flexibility index (Phi) is 5.00. The lowest BCUT2D eigenvalue weighted by molar-refractivity contribution is -0.116. The first kappa shape index (κ1) is 14.4. The largest absolute Gasteiger partial charge is 0.440 e. The van der Waals surface area contributed by atoms with E-state index in [1.165, 1.54) is 36.2 Å². The first-order chi connectivity index (χ1) is 9.65. The molecule has 0 aliphatic rings. The molecule has 1 aromatic carbocycles. The van der Waals surface area contributed by atoms with Crippen molar-refractivity contribution in [2.75, 3.05) is 16.8 Å². The quantitative estimate of drug-likeness (QED) is 0.486.